The lowest BCUT2D eigenvalue weighted by atomic mass is 10.3. The second kappa shape index (κ2) is 5.03. The predicted octanol–water partition coefficient (Wildman–Crippen LogP) is 3.10. The van der Waals surface area contributed by atoms with E-state index in [2.05, 4.69) is 47.0 Å². The van der Waals surface area contributed by atoms with Crippen molar-refractivity contribution in [3.63, 3.8) is 0 Å². The summed E-state index contributed by atoms with van der Waals surface area (Å²) < 4.78 is 6.88. The molecule has 0 aliphatic rings. The molecule has 0 aliphatic heterocycles. The molecule has 3 aromatic rings. The van der Waals surface area contributed by atoms with Gasteiger partial charge in [-0.05, 0) is 18.2 Å². The van der Waals surface area contributed by atoms with Crippen LogP contribution in [0.1, 0.15) is 5.82 Å². The van der Waals surface area contributed by atoms with E-state index in [1.54, 1.807) is 11.3 Å². The third-order valence-electron chi connectivity index (χ3n) is 2.38. The van der Waals surface area contributed by atoms with E-state index >= 15 is 0 Å². The van der Waals surface area contributed by atoms with Gasteiger partial charge in [0.05, 0.1) is 10.2 Å². The number of rotatable bonds is 4. The molecule has 0 unspecified atom stereocenters. The van der Waals surface area contributed by atoms with Gasteiger partial charge in [-0.1, -0.05) is 32.4 Å². The normalized spacial score (nSPS) is 10.9. The van der Waals surface area contributed by atoms with Crippen molar-refractivity contribution in [2.45, 2.75) is 6.42 Å². The molecule has 0 saturated heterocycles. The molecule has 3 rings (SSSR count). The molecule has 18 heavy (non-hydrogen) atoms. The van der Waals surface area contributed by atoms with Gasteiger partial charge >= 0.3 is 0 Å². The molecule has 0 atom stereocenters. The number of halogens is 1. The summed E-state index contributed by atoms with van der Waals surface area (Å²) in [7, 11) is 0. The number of hydrogen-bond donors (Lipinski definition) is 1. The zero-order valence-corrected chi connectivity index (χ0v) is 11.7. The van der Waals surface area contributed by atoms with E-state index in [-0.39, 0.29) is 0 Å². The molecule has 7 heteroatoms. The number of hydrogen-bond acceptors (Lipinski definition) is 6. The van der Waals surface area contributed by atoms with Crippen LogP contribution in [-0.4, -0.2) is 21.7 Å². The van der Waals surface area contributed by atoms with E-state index in [4.69, 9.17) is 0 Å². The van der Waals surface area contributed by atoms with Crippen LogP contribution in [0.25, 0.3) is 10.2 Å². The van der Waals surface area contributed by atoms with Gasteiger partial charge in [0.2, 0.25) is 6.39 Å². The first kappa shape index (κ1) is 11.6. The van der Waals surface area contributed by atoms with Crippen molar-refractivity contribution < 1.29 is 4.52 Å². The quantitative estimate of drug-likeness (QED) is 0.798. The minimum absolute atomic E-state index is 0.700. The van der Waals surface area contributed by atoms with E-state index in [1.165, 1.54) is 11.1 Å². The number of benzene rings is 1. The summed E-state index contributed by atoms with van der Waals surface area (Å²) in [5.41, 5.74) is 0.997. The van der Waals surface area contributed by atoms with E-state index in [0.717, 1.165) is 28.1 Å². The number of nitrogens with one attached hydrogen (secondary N) is 1. The monoisotopic (exact) mass is 324 g/mol. The Balaban J connectivity index is 1.67. The van der Waals surface area contributed by atoms with Crippen molar-refractivity contribution in [3.8, 4) is 0 Å². The highest BCUT2D eigenvalue weighted by Gasteiger charge is 2.04. The Morgan fingerprint density at radius 3 is 3.17 bits per heavy atom. The summed E-state index contributed by atoms with van der Waals surface area (Å²) >= 11 is 5.07. The van der Waals surface area contributed by atoms with Crippen molar-refractivity contribution >= 4 is 42.6 Å². The minimum atomic E-state index is 0.700. The van der Waals surface area contributed by atoms with Crippen molar-refractivity contribution in [2.75, 3.05) is 11.9 Å². The molecule has 0 radical (unpaired) electrons. The van der Waals surface area contributed by atoms with Gasteiger partial charge < -0.3 is 9.84 Å². The van der Waals surface area contributed by atoms with Gasteiger partial charge in [-0.15, -0.1) is 0 Å². The number of nitrogens with zero attached hydrogens (tertiary/aromatic N) is 3. The van der Waals surface area contributed by atoms with Crippen LogP contribution in [-0.2, 0) is 6.42 Å². The average molecular weight is 325 g/mol. The minimum Gasteiger partial charge on any atom is -0.361 e. The van der Waals surface area contributed by atoms with Gasteiger partial charge in [-0.2, -0.15) is 4.98 Å². The summed E-state index contributed by atoms with van der Waals surface area (Å²) in [6.07, 6.45) is 2.06. The first-order chi connectivity index (χ1) is 8.81. The summed E-state index contributed by atoms with van der Waals surface area (Å²) in [5, 5.41) is 7.92. The van der Waals surface area contributed by atoms with Crippen LogP contribution in [0.4, 0.5) is 5.13 Å². The Kier molecular flexibility index (Phi) is 3.24. The maximum absolute atomic E-state index is 4.67. The fourth-order valence-corrected chi connectivity index (χ4v) is 2.78. The van der Waals surface area contributed by atoms with E-state index < -0.39 is 0 Å². The molecule has 0 aliphatic carbocycles. The Bertz CT molecular complexity index is 652. The van der Waals surface area contributed by atoms with Crippen LogP contribution in [0.3, 0.4) is 0 Å². The van der Waals surface area contributed by atoms with Crippen LogP contribution in [0.15, 0.2) is 33.6 Å². The summed E-state index contributed by atoms with van der Waals surface area (Å²) in [6, 6.07) is 6.08. The molecule has 0 fully saturated rings. The van der Waals surface area contributed by atoms with Gasteiger partial charge in [-0.25, -0.2) is 4.98 Å². The predicted molar refractivity (Wildman–Crippen MR) is 73.8 cm³/mol. The highest BCUT2D eigenvalue weighted by atomic mass is 79.9. The molecule has 2 heterocycles. The second-order valence-corrected chi connectivity index (χ2v) is 5.60. The zero-order chi connectivity index (χ0) is 12.4. The number of aromatic nitrogens is 3. The fraction of sp³-hybridized carbons (Fsp3) is 0.182. The highest BCUT2D eigenvalue weighted by molar-refractivity contribution is 9.10. The topological polar surface area (TPSA) is 63.8 Å². The van der Waals surface area contributed by atoms with Crippen LogP contribution in [0.2, 0.25) is 0 Å². The largest absolute Gasteiger partial charge is 0.361 e. The molecule has 1 aromatic carbocycles. The summed E-state index contributed by atoms with van der Waals surface area (Å²) in [5.74, 6) is 0.700. The lowest BCUT2D eigenvalue weighted by molar-refractivity contribution is 0.410. The molecular formula is C11H9BrN4OS. The van der Waals surface area contributed by atoms with Crippen LogP contribution < -0.4 is 5.32 Å². The maximum Gasteiger partial charge on any atom is 0.213 e. The van der Waals surface area contributed by atoms with Gasteiger partial charge in [-0.3, -0.25) is 0 Å². The molecule has 0 bridgehead atoms. The first-order valence-corrected chi connectivity index (χ1v) is 6.97. The molecular weight excluding hydrogens is 316 g/mol. The number of anilines is 1. The molecule has 2 aromatic heterocycles. The fourth-order valence-electron chi connectivity index (χ4n) is 1.56. The van der Waals surface area contributed by atoms with Crippen LogP contribution in [0.5, 0.6) is 0 Å². The van der Waals surface area contributed by atoms with Crippen LogP contribution >= 0.6 is 27.3 Å². The standard InChI is InChI=1S/C11H9BrN4OS/c12-7-1-2-9-8(5-7)15-11(18-9)13-4-3-10-14-6-17-16-10/h1-2,5-6H,3-4H2,(H,13,15). The Labute approximate surface area is 115 Å². The van der Waals surface area contributed by atoms with Gasteiger partial charge in [0.15, 0.2) is 11.0 Å². The van der Waals surface area contributed by atoms with Crippen molar-refractivity contribution in [3.05, 3.63) is 34.9 Å². The first-order valence-electron chi connectivity index (χ1n) is 5.36. The Hall–Kier alpha value is -1.47. The average Bonchev–Trinajstić information content (AvgIpc) is 2.97. The third kappa shape index (κ3) is 2.51. The SMILES string of the molecule is Brc1ccc2sc(NCCc3ncon3)nc2c1. The van der Waals surface area contributed by atoms with Gasteiger partial charge in [0, 0.05) is 17.4 Å². The van der Waals surface area contributed by atoms with Gasteiger partial charge in [0.25, 0.3) is 0 Å². The highest BCUT2D eigenvalue weighted by Crippen LogP contribution is 2.27. The lowest BCUT2D eigenvalue weighted by Crippen LogP contribution is -2.05. The smallest absolute Gasteiger partial charge is 0.213 e. The van der Waals surface area contributed by atoms with E-state index in [0.29, 0.717) is 5.82 Å². The van der Waals surface area contributed by atoms with Crippen molar-refractivity contribution in [2.24, 2.45) is 0 Å². The van der Waals surface area contributed by atoms with E-state index in [9.17, 15) is 0 Å². The zero-order valence-electron chi connectivity index (χ0n) is 9.26. The Morgan fingerprint density at radius 1 is 1.39 bits per heavy atom. The third-order valence-corrected chi connectivity index (χ3v) is 3.87. The van der Waals surface area contributed by atoms with Crippen molar-refractivity contribution in [1.82, 2.24) is 15.1 Å². The maximum atomic E-state index is 4.67. The number of thiazole rings is 1. The Morgan fingerprint density at radius 2 is 2.33 bits per heavy atom. The molecule has 1 N–H and O–H groups in total. The summed E-state index contributed by atoms with van der Waals surface area (Å²) in [4.78, 5) is 8.47. The second-order valence-electron chi connectivity index (χ2n) is 3.66. The molecule has 0 amide bonds. The van der Waals surface area contributed by atoms with E-state index in [1.807, 2.05) is 12.1 Å². The van der Waals surface area contributed by atoms with Gasteiger partial charge in [0.1, 0.15) is 0 Å². The molecule has 5 nitrogen and oxygen atoms in total. The summed E-state index contributed by atoms with van der Waals surface area (Å²) in [6.45, 7) is 0.737. The number of fused-ring (bicyclic) bond motifs is 1. The molecule has 92 valence electrons. The molecule has 0 saturated carbocycles. The molecule has 0 spiro atoms. The lowest BCUT2D eigenvalue weighted by Gasteiger charge is -1.97. The van der Waals surface area contributed by atoms with Crippen molar-refractivity contribution in [1.29, 1.82) is 0 Å². The van der Waals surface area contributed by atoms with Crippen LogP contribution in [0, 0.1) is 0 Å².